The van der Waals surface area contributed by atoms with Crippen LogP contribution in [0.25, 0.3) is 0 Å². The molecule has 5 nitrogen and oxygen atoms in total. The number of aliphatic hydroxyl groups excluding tert-OH is 1. The Bertz CT molecular complexity index is 502. The Labute approximate surface area is 133 Å². The fourth-order valence-corrected chi connectivity index (χ4v) is 3.01. The zero-order chi connectivity index (χ0) is 16.3. The van der Waals surface area contributed by atoms with Crippen molar-refractivity contribution in [1.82, 2.24) is 14.7 Å². The standard InChI is InChI=1S/C17H29N3O2/c1-12(2)16(21)10-17(22)19-7-5-15(6-8-19)11-20-14(4)9-13(3)18-20/h9,12,15-16,21H,5-8,10-11H2,1-4H3/t16-/m0/s1. The predicted octanol–water partition coefficient (Wildman–Crippen LogP) is 2.15. The number of rotatable bonds is 5. The van der Waals surface area contributed by atoms with Crippen LogP contribution in [0.5, 0.6) is 0 Å². The third-order valence-corrected chi connectivity index (χ3v) is 4.66. The summed E-state index contributed by atoms with van der Waals surface area (Å²) in [6.45, 7) is 10.5. The summed E-state index contributed by atoms with van der Waals surface area (Å²) in [6.07, 6.45) is 1.75. The van der Waals surface area contributed by atoms with E-state index in [1.165, 1.54) is 5.69 Å². The fourth-order valence-electron chi connectivity index (χ4n) is 3.01. The van der Waals surface area contributed by atoms with Crippen molar-refractivity contribution in [2.24, 2.45) is 11.8 Å². The van der Waals surface area contributed by atoms with E-state index in [-0.39, 0.29) is 18.2 Å². The van der Waals surface area contributed by atoms with E-state index in [2.05, 4.69) is 22.8 Å². The average molecular weight is 307 g/mol. The maximum Gasteiger partial charge on any atom is 0.225 e. The maximum absolute atomic E-state index is 12.2. The lowest BCUT2D eigenvalue weighted by atomic mass is 9.96. The van der Waals surface area contributed by atoms with Crippen LogP contribution in [-0.2, 0) is 11.3 Å². The van der Waals surface area contributed by atoms with Crippen LogP contribution in [-0.4, -0.2) is 44.9 Å². The van der Waals surface area contributed by atoms with E-state index in [1.54, 1.807) is 0 Å². The summed E-state index contributed by atoms with van der Waals surface area (Å²) in [6, 6.07) is 2.10. The van der Waals surface area contributed by atoms with Crippen LogP contribution < -0.4 is 0 Å². The Balaban J connectivity index is 1.80. The monoisotopic (exact) mass is 307 g/mol. The van der Waals surface area contributed by atoms with Gasteiger partial charge in [0, 0.05) is 25.3 Å². The van der Waals surface area contributed by atoms with Crippen molar-refractivity contribution < 1.29 is 9.90 Å². The van der Waals surface area contributed by atoms with Crippen LogP contribution >= 0.6 is 0 Å². The second kappa shape index (κ2) is 7.27. The van der Waals surface area contributed by atoms with Crippen molar-refractivity contribution in [3.8, 4) is 0 Å². The van der Waals surface area contributed by atoms with Gasteiger partial charge in [0.05, 0.1) is 18.2 Å². The van der Waals surface area contributed by atoms with E-state index in [4.69, 9.17) is 0 Å². The lowest BCUT2D eigenvalue weighted by molar-refractivity contribution is -0.135. The molecule has 5 heteroatoms. The first-order chi connectivity index (χ1) is 10.4. The van der Waals surface area contributed by atoms with Gasteiger partial charge in [-0.15, -0.1) is 0 Å². The Morgan fingerprint density at radius 1 is 1.36 bits per heavy atom. The summed E-state index contributed by atoms with van der Waals surface area (Å²) in [7, 11) is 0. The van der Waals surface area contributed by atoms with Gasteiger partial charge in [-0.3, -0.25) is 9.48 Å². The number of aryl methyl sites for hydroxylation is 2. The van der Waals surface area contributed by atoms with Gasteiger partial charge in [0.25, 0.3) is 0 Å². The highest BCUT2D eigenvalue weighted by molar-refractivity contribution is 5.76. The molecule has 124 valence electrons. The second-order valence-electron chi connectivity index (χ2n) is 6.95. The van der Waals surface area contributed by atoms with Crippen molar-refractivity contribution in [1.29, 1.82) is 0 Å². The van der Waals surface area contributed by atoms with E-state index in [9.17, 15) is 9.90 Å². The molecule has 1 aliphatic heterocycles. The summed E-state index contributed by atoms with van der Waals surface area (Å²) in [5.41, 5.74) is 2.27. The first-order valence-electron chi connectivity index (χ1n) is 8.33. The molecule has 0 bridgehead atoms. The molecular formula is C17H29N3O2. The molecule has 1 aliphatic rings. The van der Waals surface area contributed by atoms with Gasteiger partial charge in [0.15, 0.2) is 0 Å². The van der Waals surface area contributed by atoms with Crippen molar-refractivity contribution >= 4 is 5.91 Å². The molecule has 1 aromatic rings. The molecule has 0 spiro atoms. The number of carbonyl (C=O) groups excluding carboxylic acids is 1. The molecular weight excluding hydrogens is 278 g/mol. The first kappa shape index (κ1) is 17.0. The Kier molecular flexibility index (Phi) is 5.62. The van der Waals surface area contributed by atoms with Crippen molar-refractivity contribution in [2.75, 3.05) is 13.1 Å². The van der Waals surface area contributed by atoms with Crippen molar-refractivity contribution in [3.05, 3.63) is 17.5 Å². The molecule has 1 aromatic heterocycles. The summed E-state index contributed by atoms with van der Waals surface area (Å²) in [5.74, 6) is 0.801. The first-order valence-corrected chi connectivity index (χ1v) is 8.33. The van der Waals surface area contributed by atoms with Gasteiger partial charge in [-0.2, -0.15) is 5.10 Å². The van der Waals surface area contributed by atoms with Crippen molar-refractivity contribution in [2.45, 2.75) is 59.6 Å². The minimum absolute atomic E-state index is 0.0887. The zero-order valence-corrected chi connectivity index (χ0v) is 14.2. The van der Waals surface area contributed by atoms with Crippen LogP contribution in [0.2, 0.25) is 0 Å². The summed E-state index contributed by atoms with van der Waals surface area (Å²) in [5, 5.41) is 14.4. The van der Waals surface area contributed by atoms with E-state index < -0.39 is 6.10 Å². The molecule has 22 heavy (non-hydrogen) atoms. The van der Waals surface area contributed by atoms with Crippen LogP contribution in [0.3, 0.4) is 0 Å². The molecule has 1 N–H and O–H groups in total. The van der Waals surface area contributed by atoms with E-state index in [0.29, 0.717) is 5.92 Å². The highest BCUT2D eigenvalue weighted by atomic mass is 16.3. The SMILES string of the molecule is Cc1cc(C)n(CC2CCN(C(=O)C[C@H](O)C(C)C)CC2)n1. The Morgan fingerprint density at radius 3 is 2.50 bits per heavy atom. The molecule has 1 atom stereocenters. The summed E-state index contributed by atoms with van der Waals surface area (Å²) < 4.78 is 2.08. The van der Waals surface area contributed by atoms with Gasteiger partial charge in [0.1, 0.15) is 0 Å². The summed E-state index contributed by atoms with van der Waals surface area (Å²) in [4.78, 5) is 14.1. The number of aromatic nitrogens is 2. The normalized spacial score (nSPS) is 18.0. The maximum atomic E-state index is 12.2. The molecule has 1 saturated heterocycles. The minimum Gasteiger partial charge on any atom is -0.392 e. The van der Waals surface area contributed by atoms with Crippen LogP contribution in [0, 0.1) is 25.7 Å². The summed E-state index contributed by atoms with van der Waals surface area (Å²) >= 11 is 0. The van der Waals surface area contributed by atoms with E-state index in [1.807, 2.05) is 25.7 Å². The Hall–Kier alpha value is -1.36. The number of hydrogen-bond acceptors (Lipinski definition) is 3. The third-order valence-electron chi connectivity index (χ3n) is 4.66. The van der Waals surface area contributed by atoms with Gasteiger partial charge in [-0.1, -0.05) is 13.8 Å². The number of amides is 1. The number of likely N-dealkylation sites (tertiary alicyclic amines) is 1. The van der Waals surface area contributed by atoms with Crippen LogP contribution in [0.15, 0.2) is 6.07 Å². The molecule has 0 aliphatic carbocycles. The number of piperidine rings is 1. The van der Waals surface area contributed by atoms with Gasteiger partial charge in [-0.25, -0.2) is 0 Å². The molecule has 1 amide bonds. The molecule has 1 fully saturated rings. The number of carbonyl (C=O) groups is 1. The molecule has 0 unspecified atom stereocenters. The predicted molar refractivity (Wildman–Crippen MR) is 86.5 cm³/mol. The molecule has 0 radical (unpaired) electrons. The van der Waals surface area contributed by atoms with Gasteiger partial charge < -0.3 is 10.0 Å². The van der Waals surface area contributed by atoms with Gasteiger partial charge in [0.2, 0.25) is 5.91 Å². The largest absolute Gasteiger partial charge is 0.392 e. The smallest absolute Gasteiger partial charge is 0.225 e. The highest BCUT2D eigenvalue weighted by Gasteiger charge is 2.25. The van der Waals surface area contributed by atoms with Gasteiger partial charge in [-0.05, 0) is 44.6 Å². The fraction of sp³-hybridized carbons (Fsp3) is 0.765. The quantitative estimate of drug-likeness (QED) is 0.907. The van der Waals surface area contributed by atoms with E-state index in [0.717, 1.165) is 38.2 Å². The molecule has 2 rings (SSSR count). The van der Waals surface area contributed by atoms with Crippen LogP contribution in [0.4, 0.5) is 0 Å². The van der Waals surface area contributed by atoms with Crippen LogP contribution in [0.1, 0.15) is 44.5 Å². The lowest BCUT2D eigenvalue weighted by Gasteiger charge is -2.33. The lowest BCUT2D eigenvalue weighted by Crippen LogP contribution is -2.41. The number of aliphatic hydroxyl groups is 1. The minimum atomic E-state index is -0.528. The van der Waals surface area contributed by atoms with Crippen molar-refractivity contribution in [3.63, 3.8) is 0 Å². The van der Waals surface area contributed by atoms with Gasteiger partial charge >= 0.3 is 0 Å². The topological polar surface area (TPSA) is 58.4 Å². The molecule has 0 saturated carbocycles. The second-order valence-corrected chi connectivity index (χ2v) is 6.95. The molecule has 2 heterocycles. The molecule has 0 aromatic carbocycles. The average Bonchev–Trinajstić information content (AvgIpc) is 2.77. The number of nitrogens with zero attached hydrogens (tertiary/aromatic N) is 3. The third kappa shape index (κ3) is 4.32. The Morgan fingerprint density at radius 2 is 2.00 bits per heavy atom. The number of hydrogen-bond donors (Lipinski definition) is 1. The van der Waals surface area contributed by atoms with E-state index >= 15 is 0 Å². The zero-order valence-electron chi connectivity index (χ0n) is 14.2. The highest BCUT2D eigenvalue weighted by Crippen LogP contribution is 2.21.